The van der Waals surface area contributed by atoms with Crippen molar-refractivity contribution in [2.45, 2.75) is 84.2 Å². The lowest BCUT2D eigenvalue weighted by Crippen LogP contribution is -2.57. The third kappa shape index (κ3) is 2.17. The molecule has 4 saturated carbocycles. The van der Waals surface area contributed by atoms with Crippen LogP contribution in [0.15, 0.2) is 0 Å². The van der Waals surface area contributed by atoms with Crippen molar-refractivity contribution in [2.24, 2.45) is 40.4 Å². The van der Waals surface area contributed by atoms with E-state index in [0.717, 1.165) is 32.1 Å². The quantitative estimate of drug-likeness (QED) is 0.643. The minimum Gasteiger partial charge on any atom is -0.393 e. The molecule has 0 spiro atoms. The second-order valence-corrected chi connectivity index (χ2v) is 9.90. The van der Waals surface area contributed by atoms with E-state index in [4.69, 9.17) is 0 Å². The predicted molar refractivity (Wildman–Crippen MR) is 87.2 cm³/mol. The molecule has 0 aromatic rings. The van der Waals surface area contributed by atoms with E-state index < -0.39 is 5.92 Å². The van der Waals surface area contributed by atoms with Crippen molar-refractivity contribution in [3.63, 3.8) is 0 Å². The first-order chi connectivity index (χ1) is 10.7. The second-order valence-electron chi connectivity index (χ2n) is 9.90. The molecule has 23 heavy (non-hydrogen) atoms. The zero-order valence-electron chi connectivity index (χ0n) is 14.8. The third-order valence-electron chi connectivity index (χ3n) is 8.95. The molecule has 1 nitrogen and oxygen atoms in total. The van der Waals surface area contributed by atoms with Gasteiger partial charge in [-0.1, -0.05) is 20.8 Å². The number of aliphatic hydroxyl groups excluding tert-OH is 1. The van der Waals surface area contributed by atoms with Gasteiger partial charge in [0, 0.05) is 12.8 Å². The second kappa shape index (κ2) is 4.93. The Morgan fingerprint density at radius 2 is 1.61 bits per heavy atom. The molecule has 0 amide bonds. The summed E-state index contributed by atoms with van der Waals surface area (Å²) in [7, 11) is 0. The van der Waals surface area contributed by atoms with Gasteiger partial charge in [-0.15, -0.1) is 0 Å². The van der Waals surface area contributed by atoms with Crippen LogP contribution in [0.4, 0.5) is 8.78 Å². The van der Waals surface area contributed by atoms with Crippen LogP contribution in [-0.2, 0) is 0 Å². The molecular formula is C20H32F2O. The normalized spacial score (nSPS) is 58.2. The topological polar surface area (TPSA) is 20.2 Å². The van der Waals surface area contributed by atoms with Gasteiger partial charge in [0.25, 0.3) is 0 Å². The largest absolute Gasteiger partial charge is 0.393 e. The molecule has 0 heterocycles. The van der Waals surface area contributed by atoms with Crippen LogP contribution in [0.1, 0.15) is 72.1 Å². The molecule has 4 aliphatic carbocycles. The first-order valence-corrected chi connectivity index (χ1v) is 9.73. The lowest BCUT2D eigenvalue weighted by atomic mass is 9.43. The minimum atomic E-state index is -2.44. The highest BCUT2D eigenvalue weighted by Crippen LogP contribution is 2.68. The standard InChI is InChI=1S/C20H32F2O/c1-12-10-13-11-20(21,22)9-8-18(13,2)15-6-7-19(3)14(17(12)15)4-5-16(19)23/h12-17,23H,4-11H2,1-3H3/t12?,13-,14-,15-,16-,17-,18-,19-/m0/s1. The molecule has 1 unspecified atom stereocenters. The molecule has 1 N–H and O–H groups in total. The molecule has 4 fully saturated rings. The van der Waals surface area contributed by atoms with Crippen molar-refractivity contribution in [3.8, 4) is 0 Å². The van der Waals surface area contributed by atoms with Crippen LogP contribution in [0.5, 0.6) is 0 Å². The Morgan fingerprint density at radius 3 is 2.35 bits per heavy atom. The maximum absolute atomic E-state index is 14.0. The Kier molecular flexibility index (Phi) is 3.49. The van der Waals surface area contributed by atoms with Crippen LogP contribution < -0.4 is 0 Å². The fourth-order valence-electron chi connectivity index (χ4n) is 7.53. The summed E-state index contributed by atoms with van der Waals surface area (Å²) in [4.78, 5) is 0. The lowest BCUT2D eigenvalue weighted by molar-refractivity contribution is -0.181. The van der Waals surface area contributed by atoms with Gasteiger partial charge in [-0.25, -0.2) is 8.78 Å². The molecule has 8 atom stereocenters. The molecule has 0 aromatic carbocycles. The van der Waals surface area contributed by atoms with Crippen molar-refractivity contribution < 1.29 is 13.9 Å². The Bertz CT molecular complexity index is 492. The van der Waals surface area contributed by atoms with Gasteiger partial charge >= 0.3 is 0 Å². The number of hydrogen-bond donors (Lipinski definition) is 1. The predicted octanol–water partition coefficient (Wildman–Crippen LogP) is 5.27. The maximum Gasteiger partial charge on any atom is 0.248 e. The summed E-state index contributed by atoms with van der Waals surface area (Å²) in [5, 5.41) is 10.5. The zero-order chi connectivity index (χ0) is 16.6. The van der Waals surface area contributed by atoms with E-state index in [1.807, 2.05) is 0 Å². The Balaban J connectivity index is 1.67. The summed E-state index contributed by atoms with van der Waals surface area (Å²) >= 11 is 0. The zero-order valence-corrected chi connectivity index (χ0v) is 14.8. The van der Waals surface area contributed by atoms with E-state index in [0.29, 0.717) is 30.1 Å². The van der Waals surface area contributed by atoms with Crippen LogP contribution in [-0.4, -0.2) is 17.1 Å². The number of hydrogen-bond acceptors (Lipinski definition) is 1. The molecule has 0 aliphatic heterocycles. The van der Waals surface area contributed by atoms with Crippen LogP contribution in [0, 0.1) is 40.4 Å². The average molecular weight is 326 g/mol. The fourth-order valence-corrected chi connectivity index (χ4v) is 7.53. The van der Waals surface area contributed by atoms with Crippen molar-refractivity contribution in [1.82, 2.24) is 0 Å². The van der Waals surface area contributed by atoms with E-state index in [1.165, 1.54) is 0 Å². The maximum atomic E-state index is 14.0. The first kappa shape index (κ1) is 16.3. The Morgan fingerprint density at radius 1 is 0.913 bits per heavy atom. The first-order valence-electron chi connectivity index (χ1n) is 9.73. The molecule has 0 saturated heterocycles. The fraction of sp³-hybridized carbons (Fsp3) is 1.00. The summed E-state index contributed by atoms with van der Waals surface area (Å²) in [5.41, 5.74) is 0.185. The van der Waals surface area contributed by atoms with Gasteiger partial charge < -0.3 is 5.11 Å². The van der Waals surface area contributed by atoms with Crippen LogP contribution in [0.2, 0.25) is 0 Å². The molecule has 4 aliphatic rings. The number of fused-ring (bicyclic) bond motifs is 5. The van der Waals surface area contributed by atoms with E-state index in [9.17, 15) is 13.9 Å². The van der Waals surface area contributed by atoms with Gasteiger partial charge in [0.05, 0.1) is 6.10 Å². The van der Waals surface area contributed by atoms with Gasteiger partial charge in [0.2, 0.25) is 5.92 Å². The summed E-state index contributed by atoms with van der Waals surface area (Å²) < 4.78 is 28.0. The van der Waals surface area contributed by atoms with E-state index >= 15 is 0 Å². The van der Waals surface area contributed by atoms with Crippen LogP contribution in [0.25, 0.3) is 0 Å². The van der Waals surface area contributed by atoms with Crippen molar-refractivity contribution in [1.29, 1.82) is 0 Å². The van der Waals surface area contributed by atoms with E-state index in [-0.39, 0.29) is 35.7 Å². The summed E-state index contributed by atoms with van der Waals surface area (Å²) in [6, 6.07) is 0. The Labute approximate surface area is 139 Å². The van der Waals surface area contributed by atoms with Gasteiger partial charge in [0.15, 0.2) is 0 Å². The van der Waals surface area contributed by atoms with Gasteiger partial charge in [0.1, 0.15) is 0 Å². The lowest BCUT2D eigenvalue weighted by Gasteiger charge is -2.62. The molecule has 132 valence electrons. The summed E-state index contributed by atoms with van der Waals surface area (Å²) in [6.07, 6.45) is 6.02. The summed E-state index contributed by atoms with van der Waals surface area (Å²) in [6.45, 7) is 6.92. The van der Waals surface area contributed by atoms with Gasteiger partial charge in [-0.2, -0.15) is 0 Å². The van der Waals surface area contributed by atoms with Gasteiger partial charge in [-0.3, -0.25) is 0 Å². The molecule has 0 radical (unpaired) electrons. The number of aliphatic hydroxyl groups is 1. The monoisotopic (exact) mass is 326 g/mol. The average Bonchev–Trinajstić information content (AvgIpc) is 2.77. The van der Waals surface area contributed by atoms with Crippen LogP contribution >= 0.6 is 0 Å². The third-order valence-corrected chi connectivity index (χ3v) is 8.95. The number of alkyl halides is 2. The number of halogens is 2. The molecule has 0 aromatic heterocycles. The van der Waals surface area contributed by atoms with E-state index in [2.05, 4.69) is 20.8 Å². The SMILES string of the molecule is CC1C[C@H]2CC(F)(F)CC[C@]2(C)[C@H]2CC[C@]3(C)[C@@H](O)CC[C@H]3[C@H]12. The molecule has 3 heteroatoms. The van der Waals surface area contributed by atoms with Crippen molar-refractivity contribution in [2.75, 3.05) is 0 Å². The molecule has 0 bridgehead atoms. The van der Waals surface area contributed by atoms with Crippen molar-refractivity contribution >= 4 is 0 Å². The van der Waals surface area contributed by atoms with Crippen molar-refractivity contribution in [3.05, 3.63) is 0 Å². The molecule has 4 rings (SSSR count). The summed E-state index contributed by atoms with van der Waals surface area (Å²) in [5.74, 6) is 0.116. The van der Waals surface area contributed by atoms with E-state index in [1.54, 1.807) is 0 Å². The van der Waals surface area contributed by atoms with Crippen LogP contribution in [0.3, 0.4) is 0 Å². The smallest absolute Gasteiger partial charge is 0.248 e. The highest BCUT2D eigenvalue weighted by atomic mass is 19.3. The minimum absolute atomic E-state index is 0.0806. The number of rotatable bonds is 0. The highest BCUT2D eigenvalue weighted by molar-refractivity contribution is 5.11. The molecular weight excluding hydrogens is 294 g/mol. The Hall–Kier alpha value is -0.180. The highest BCUT2D eigenvalue weighted by Gasteiger charge is 2.63. The van der Waals surface area contributed by atoms with Gasteiger partial charge in [-0.05, 0) is 78.9 Å².